The molecule has 1 amide bonds. The Labute approximate surface area is 153 Å². The Kier molecular flexibility index (Phi) is 4.65. The van der Waals surface area contributed by atoms with E-state index in [4.69, 9.17) is 4.74 Å². The summed E-state index contributed by atoms with van der Waals surface area (Å²) in [4.78, 5) is 18.1. The van der Waals surface area contributed by atoms with Crippen LogP contribution in [0.25, 0.3) is 10.9 Å². The van der Waals surface area contributed by atoms with E-state index in [1.165, 1.54) is 16.6 Å². The smallest absolute Gasteiger partial charge is 0.226 e. The highest BCUT2D eigenvalue weighted by molar-refractivity contribution is 5.80. The fourth-order valence-corrected chi connectivity index (χ4v) is 3.79. The number of aromatic nitrogens is 1. The number of benzene rings is 2. The third kappa shape index (κ3) is 3.45. The van der Waals surface area contributed by atoms with Crippen LogP contribution in [0.4, 0.5) is 0 Å². The van der Waals surface area contributed by atoms with Gasteiger partial charge in [-0.3, -0.25) is 4.79 Å². The number of H-pyrrole nitrogens is 1. The molecule has 0 spiro atoms. The second-order valence-electron chi connectivity index (χ2n) is 6.99. The fourth-order valence-electron chi connectivity index (χ4n) is 3.79. The third-order valence-corrected chi connectivity index (χ3v) is 5.35. The number of hydrogen-bond acceptors (Lipinski definition) is 2. The van der Waals surface area contributed by atoms with Gasteiger partial charge in [0.15, 0.2) is 0 Å². The highest BCUT2D eigenvalue weighted by atomic mass is 16.5. The number of carbonyl (C=O) groups is 1. The predicted octanol–water partition coefficient (Wildman–Crippen LogP) is 4.13. The molecule has 1 aliphatic heterocycles. The van der Waals surface area contributed by atoms with E-state index in [9.17, 15) is 4.79 Å². The van der Waals surface area contributed by atoms with Crippen molar-refractivity contribution in [2.24, 2.45) is 0 Å². The van der Waals surface area contributed by atoms with E-state index >= 15 is 0 Å². The van der Waals surface area contributed by atoms with Gasteiger partial charge < -0.3 is 14.6 Å². The van der Waals surface area contributed by atoms with Gasteiger partial charge in [-0.25, -0.2) is 0 Å². The summed E-state index contributed by atoms with van der Waals surface area (Å²) in [5.74, 6) is 1.54. The first-order valence-electron chi connectivity index (χ1n) is 9.21. The first-order chi connectivity index (χ1) is 12.7. The Morgan fingerprint density at radius 2 is 1.85 bits per heavy atom. The standard InChI is InChI=1S/C22H24N2O2/c1-26-19-8-6-16(7-9-19)14-22(25)24-12-10-17(11-13-24)21-15-18-4-2-3-5-20(18)23-21/h2-9,15,17,23H,10-14H2,1H3. The lowest BCUT2D eigenvalue weighted by molar-refractivity contribution is -0.131. The molecular weight excluding hydrogens is 324 g/mol. The molecule has 1 N–H and O–H groups in total. The molecule has 4 nitrogen and oxygen atoms in total. The number of carbonyl (C=O) groups excluding carboxylic acids is 1. The van der Waals surface area contributed by atoms with Crippen molar-refractivity contribution in [3.63, 3.8) is 0 Å². The summed E-state index contributed by atoms with van der Waals surface area (Å²) < 4.78 is 5.17. The Hall–Kier alpha value is -2.75. The lowest BCUT2D eigenvalue weighted by atomic mass is 9.93. The molecule has 0 bridgehead atoms. The molecular formula is C22H24N2O2. The second-order valence-corrected chi connectivity index (χ2v) is 6.99. The number of amides is 1. The van der Waals surface area contributed by atoms with E-state index in [1.54, 1.807) is 7.11 Å². The minimum absolute atomic E-state index is 0.213. The third-order valence-electron chi connectivity index (χ3n) is 5.35. The van der Waals surface area contributed by atoms with Crippen molar-refractivity contribution in [2.75, 3.05) is 20.2 Å². The van der Waals surface area contributed by atoms with Crippen LogP contribution in [-0.4, -0.2) is 36.0 Å². The molecule has 1 saturated heterocycles. The molecule has 3 aromatic rings. The highest BCUT2D eigenvalue weighted by Gasteiger charge is 2.24. The summed E-state index contributed by atoms with van der Waals surface area (Å²) in [6.07, 6.45) is 2.49. The van der Waals surface area contributed by atoms with Gasteiger partial charge in [0, 0.05) is 30.2 Å². The molecule has 134 valence electrons. The van der Waals surface area contributed by atoms with Crippen molar-refractivity contribution in [3.05, 3.63) is 65.9 Å². The maximum absolute atomic E-state index is 12.6. The minimum atomic E-state index is 0.213. The first-order valence-corrected chi connectivity index (χ1v) is 9.21. The maximum atomic E-state index is 12.6. The zero-order valence-corrected chi connectivity index (χ0v) is 15.1. The topological polar surface area (TPSA) is 45.3 Å². The molecule has 0 aliphatic carbocycles. The number of aromatic amines is 1. The van der Waals surface area contributed by atoms with E-state index in [-0.39, 0.29) is 5.91 Å². The van der Waals surface area contributed by atoms with E-state index in [0.717, 1.165) is 37.2 Å². The molecule has 0 radical (unpaired) electrons. The molecule has 1 fully saturated rings. The molecule has 1 aliphatic rings. The molecule has 26 heavy (non-hydrogen) atoms. The van der Waals surface area contributed by atoms with Crippen LogP contribution in [0.3, 0.4) is 0 Å². The van der Waals surface area contributed by atoms with E-state index < -0.39 is 0 Å². The summed E-state index contributed by atoms with van der Waals surface area (Å²) in [5, 5.41) is 1.26. The summed E-state index contributed by atoms with van der Waals surface area (Å²) in [6, 6.07) is 18.4. The molecule has 4 rings (SSSR count). The summed E-state index contributed by atoms with van der Waals surface area (Å²) in [7, 11) is 1.65. The van der Waals surface area contributed by atoms with Crippen LogP contribution < -0.4 is 4.74 Å². The van der Waals surface area contributed by atoms with E-state index in [0.29, 0.717) is 12.3 Å². The summed E-state index contributed by atoms with van der Waals surface area (Å²) in [5.41, 5.74) is 3.53. The van der Waals surface area contributed by atoms with Gasteiger partial charge in [0.2, 0.25) is 5.91 Å². The van der Waals surface area contributed by atoms with Crippen molar-refractivity contribution in [3.8, 4) is 5.75 Å². The van der Waals surface area contributed by atoms with Crippen molar-refractivity contribution in [2.45, 2.75) is 25.2 Å². The normalized spacial score (nSPS) is 15.3. The number of rotatable bonds is 4. The molecule has 4 heteroatoms. The number of nitrogens with one attached hydrogen (secondary N) is 1. The fraction of sp³-hybridized carbons (Fsp3) is 0.318. The summed E-state index contributed by atoms with van der Waals surface area (Å²) in [6.45, 7) is 1.66. The Bertz CT molecular complexity index is 857. The monoisotopic (exact) mass is 348 g/mol. The number of para-hydroxylation sites is 1. The van der Waals surface area contributed by atoms with Crippen molar-refractivity contribution < 1.29 is 9.53 Å². The van der Waals surface area contributed by atoms with E-state index in [1.807, 2.05) is 29.2 Å². The molecule has 0 saturated carbocycles. The van der Waals surface area contributed by atoms with Crippen molar-refractivity contribution in [1.82, 2.24) is 9.88 Å². The van der Waals surface area contributed by atoms with Crippen LogP contribution in [-0.2, 0) is 11.2 Å². The predicted molar refractivity (Wildman–Crippen MR) is 104 cm³/mol. The van der Waals surface area contributed by atoms with Gasteiger partial charge in [0.05, 0.1) is 13.5 Å². The highest BCUT2D eigenvalue weighted by Crippen LogP contribution is 2.30. The number of piperidine rings is 1. The number of fused-ring (bicyclic) bond motifs is 1. The van der Waals surface area contributed by atoms with Gasteiger partial charge in [-0.2, -0.15) is 0 Å². The van der Waals surface area contributed by atoms with Crippen LogP contribution in [0, 0.1) is 0 Å². The Balaban J connectivity index is 1.35. The van der Waals surface area contributed by atoms with Gasteiger partial charge in [-0.15, -0.1) is 0 Å². The largest absolute Gasteiger partial charge is 0.497 e. The number of ether oxygens (including phenoxy) is 1. The maximum Gasteiger partial charge on any atom is 0.226 e. The van der Waals surface area contributed by atoms with Gasteiger partial charge in [-0.1, -0.05) is 30.3 Å². The van der Waals surface area contributed by atoms with Crippen LogP contribution in [0.5, 0.6) is 5.75 Å². The van der Waals surface area contributed by atoms with Gasteiger partial charge >= 0.3 is 0 Å². The van der Waals surface area contributed by atoms with Crippen LogP contribution >= 0.6 is 0 Å². The zero-order valence-electron chi connectivity index (χ0n) is 15.1. The number of hydrogen-bond donors (Lipinski definition) is 1. The number of likely N-dealkylation sites (tertiary alicyclic amines) is 1. The SMILES string of the molecule is COc1ccc(CC(=O)N2CCC(c3cc4ccccc4[nH]3)CC2)cc1. The number of nitrogens with zero attached hydrogens (tertiary/aromatic N) is 1. The van der Waals surface area contributed by atoms with Gasteiger partial charge in [0.1, 0.15) is 5.75 Å². The van der Waals surface area contributed by atoms with Gasteiger partial charge in [0.25, 0.3) is 0 Å². The molecule has 2 heterocycles. The van der Waals surface area contributed by atoms with Crippen molar-refractivity contribution >= 4 is 16.8 Å². The first kappa shape index (κ1) is 16.7. The molecule has 1 aromatic heterocycles. The second kappa shape index (κ2) is 7.24. The molecule has 0 atom stereocenters. The average Bonchev–Trinajstić information content (AvgIpc) is 3.13. The average molecular weight is 348 g/mol. The van der Waals surface area contributed by atoms with Crippen LogP contribution in [0.1, 0.15) is 30.0 Å². The van der Waals surface area contributed by atoms with Crippen LogP contribution in [0.2, 0.25) is 0 Å². The molecule has 0 unspecified atom stereocenters. The minimum Gasteiger partial charge on any atom is -0.497 e. The number of methoxy groups -OCH3 is 1. The Morgan fingerprint density at radius 1 is 1.12 bits per heavy atom. The lowest BCUT2D eigenvalue weighted by Crippen LogP contribution is -2.38. The summed E-state index contributed by atoms with van der Waals surface area (Å²) >= 11 is 0. The molecule has 2 aromatic carbocycles. The van der Waals surface area contributed by atoms with Gasteiger partial charge in [-0.05, 0) is 48.1 Å². The lowest BCUT2D eigenvalue weighted by Gasteiger charge is -2.31. The Morgan fingerprint density at radius 3 is 2.54 bits per heavy atom. The van der Waals surface area contributed by atoms with Crippen LogP contribution in [0.15, 0.2) is 54.6 Å². The van der Waals surface area contributed by atoms with E-state index in [2.05, 4.69) is 35.3 Å². The zero-order chi connectivity index (χ0) is 17.9. The quantitative estimate of drug-likeness (QED) is 0.771. The van der Waals surface area contributed by atoms with Crippen molar-refractivity contribution in [1.29, 1.82) is 0 Å².